The van der Waals surface area contributed by atoms with E-state index in [9.17, 15) is 5.26 Å². The van der Waals surface area contributed by atoms with Crippen LogP contribution in [-0.4, -0.2) is 42.3 Å². The fourth-order valence-corrected chi connectivity index (χ4v) is 2.71. The molecule has 23 heavy (non-hydrogen) atoms. The fourth-order valence-electron chi connectivity index (χ4n) is 2.71. The minimum absolute atomic E-state index is 0.358. The zero-order chi connectivity index (χ0) is 16.3. The molecule has 2 aromatic rings. The van der Waals surface area contributed by atoms with E-state index in [0.717, 1.165) is 32.1 Å². The summed E-state index contributed by atoms with van der Waals surface area (Å²) in [5.74, 6) is 1.77. The highest BCUT2D eigenvalue weighted by atomic mass is 15.4. The van der Waals surface area contributed by atoms with Crippen molar-refractivity contribution in [1.82, 2.24) is 29.7 Å². The molecule has 0 bridgehead atoms. The van der Waals surface area contributed by atoms with Gasteiger partial charge in [-0.05, 0) is 19.8 Å². The molecule has 0 spiro atoms. The van der Waals surface area contributed by atoms with Crippen LogP contribution in [0.15, 0.2) is 6.33 Å². The van der Waals surface area contributed by atoms with Gasteiger partial charge in [-0.3, -0.25) is 0 Å². The maximum absolute atomic E-state index is 9.59. The summed E-state index contributed by atoms with van der Waals surface area (Å²) in [7, 11) is 1.73. The number of nitrogens with one attached hydrogen (secondary N) is 2. The van der Waals surface area contributed by atoms with Crippen molar-refractivity contribution >= 4 is 11.9 Å². The van der Waals surface area contributed by atoms with Crippen molar-refractivity contribution in [2.45, 2.75) is 44.6 Å². The highest BCUT2D eigenvalue weighted by Crippen LogP contribution is 2.30. The molecule has 0 radical (unpaired) electrons. The van der Waals surface area contributed by atoms with Crippen molar-refractivity contribution in [3.05, 3.63) is 12.2 Å². The van der Waals surface area contributed by atoms with Crippen molar-refractivity contribution in [1.29, 1.82) is 5.26 Å². The van der Waals surface area contributed by atoms with Crippen molar-refractivity contribution in [3.8, 4) is 12.0 Å². The van der Waals surface area contributed by atoms with Crippen LogP contribution in [-0.2, 0) is 0 Å². The lowest BCUT2D eigenvalue weighted by molar-refractivity contribution is 0.390. The summed E-state index contributed by atoms with van der Waals surface area (Å²) in [6.07, 6.45) is 6.35. The molecule has 1 aliphatic rings. The molecule has 0 unspecified atom stereocenters. The summed E-state index contributed by atoms with van der Waals surface area (Å²) in [5, 5.41) is 19.9. The van der Waals surface area contributed by atoms with E-state index < -0.39 is 5.54 Å². The summed E-state index contributed by atoms with van der Waals surface area (Å²) in [5.41, 5.74) is -0.611. The highest BCUT2D eigenvalue weighted by Gasteiger charge is 2.33. The van der Waals surface area contributed by atoms with Crippen LogP contribution in [0.1, 0.15) is 37.9 Å². The smallest absolute Gasteiger partial charge is 0.258 e. The molecule has 2 N–H and O–H groups in total. The maximum Gasteiger partial charge on any atom is 0.258 e. The third kappa shape index (κ3) is 3.21. The lowest BCUT2D eigenvalue weighted by Crippen LogP contribution is -2.39. The minimum Gasteiger partial charge on any atom is -0.357 e. The standard InChI is InChI=1S/C14H19N9/c1-10-17-9-23(22-10)13-19-11(16-2)18-12(20-13)21-14(8-15)6-4-3-5-7-14/h9H,3-7H2,1-2H3,(H2,16,18,19,20,21). The van der Waals surface area contributed by atoms with Crippen LogP contribution in [0.4, 0.5) is 11.9 Å². The van der Waals surface area contributed by atoms with Crippen molar-refractivity contribution < 1.29 is 0 Å². The van der Waals surface area contributed by atoms with E-state index in [4.69, 9.17) is 0 Å². The monoisotopic (exact) mass is 313 g/mol. The van der Waals surface area contributed by atoms with Gasteiger partial charge in [-0.25, -0.2) is 4.98 Å². The minimum atomic E-state index is -0.611. The van der Waals surface area contributed by atoms with Crippen LogP contribution < -0.4 is 10.6 Å². The van der Waals surface area contributed by atoms with Crippen LogP contribution >= 0.6 is 0 Å². The number of aromatic nitrogens is 6. The van der Waals surface area contributed by atoms with Gasteiger partial charge in [-0.15, -0.1) is 5.10 Å². The zero-order valence-corrected chi connectivity index (χ0v) is 13.2. The molecule has 2 aromatic heterocycles. The summed E-state index contributed by atoms with van der Waals surface area (Å²) in [4.78, 5) is 17.1. The van der Waals surface area contributed by atoms with Gasteiger partial charge < -0.3 is 10.6 Å². The normalized spacial score (nSPS) is 16.6. The van der Waals surface area contributed by atoms with E-state index >= 15 is 0 Å². The van der Waals surface area contributed by atoms with Crippen molar-refractivity contribution in [3.63, 3.8) is 0 Å². The van der Waals surface area contributed by atoms with Crippen LogP contribution in [0, 0.1) is 18.3 Å². The Morgan fingerprint density at radius 3 is 2.52 bits per heavy atom. The second kappa shape index (κ2) is 6.16. The molecule has 1 aliphatic carbocycles. The summed E-state index contributed by atoms with van der Waals surface area (Å²) >= 11 is 0. The fraction of sp³-hybridized carbons (Fsp3) is 0.571. The number of aryl methyl sites for hydroxylation is 1. The van der Waals surface area contributed by atoms with Gasteiger partial charge >= 0.3 is 0 Å². The number of anilines is 2. The first-order valence-corrected chi connectivity index (χ1v) is 7.66. The summed E-state index contributed by atoms with van der Waals surface area (Å²) in [6.45, 7) is 1.79. The molecule has 0 atom stereocenters. The van der Waals surface area contributed by atoms with Gasteiger partial charge in [0.1, 0.15) is 17.7 Å². The van der Waals surface area contributed by atoms with Gasteiger partial charge in [0.2, 0.25) is 11.9 Å². The number of rotatable bonds is 4. The summed E-state index contributed by atoms with van der Waals surface area (Å²) in [6, 6.07) is 2.40. The molecule has 0 aliphatic heterocycles. The molecule has 120 valence electrons. The number of nitriles is 1. The molecule has 0 aromatic carbocycles. The highest BCUT2D eigenvalue weighted by molar-refractivity contribution is 5.41. The molecule has 1 fully saturated rings. The Morgan fingerprint density at radius 2 is 1.91 bits per heavy atom. The molecule has 9 heteroatoms. The van der Waals surface area contributed by atoms with Gasteiger partial charge in [-0.2, -0.15) is 24.9 Å². The number of hydrogen-bond donors (Lipinski definition) is 2. The Bertz CT molecular complexity index is 724. The molecule has 0 amide bonds. The average Bonchev–Trinajstić information content (AvgIpc) is 3.02. The second-order valence-electron chi connectivity index (χ2n) is 5.65. The molecule has 0 saturated heterocycles. The molecular formula is C14H19N9. The van der Waals surface area contributed by atoms with E-state index in [-0.39, 0.29) is 0 Å². The molecular weight excluding hydrogens is 294 g/mol. The van der Waals surface area contributed by atoms with Crippen LogP contribution in [0.3, 0.4) is 0 Å². The third-order valence-electron chi connectivity index (χ3n) is 3.93. The topological polar surface area (TPSA) is 117 Å². The van der Waals surface area contributed by atoms with Gasteiger partial charge in [-0.1, -0.05) is 19.3 Å². The molecule has 2 heterocycles. The van der Waals surface area contributed by atoms with Gasteiger partial charge in [0.25, 0.3) is 5.95 Å². The van der Waals surface area contributed by atoms with Gasteiger partial charge in [0.15, 0.2) is 0 Å². The Morgan fingerprint density at radius 1 is 1.17 bits per heavy atom. The Kier molecular flexibility index (Phi) is 4.06. The first-order chi connectivity index (χ1) is 11.1. The van der Waals surface area contributed by atoms with E-state index in [0.29, 0.717) is 23.7 Å². The summed E-state index contributed by atoms with van der Waals surface area (Å²) < 4.78 is 1.49. The SMILES string of the molecule is CNc1nc(NC2(C#N)CCCCC2)nc(-n2cnc(C)n2)n1. The third-order valence-corrected chi connectivity index (χ3v) is 3.93. The molecule has 1 saturated carbocycles. The van der Waals surface area contributed by atoms with E-state index in [1.165, 1.54) is 4.68 Å². The van der Waals surface area contributed by atoms with E-state index in [2.05, 4.69) is 41.7 Å². The van der Waals surface area contributed by atoms with Crippen molar-refractivity contribution in [2.75, 3.05) is 17.7 Å². The maximum atomic E-state index is 9.59. The first kappa shape index (κ1) is 15.1. The second-order valence-corrected chi connectivity index (χ2v) is 5.65. The van der Waals surface area contributed by atoms with Crippen LogP contribution in [0.2, 0.25) is 0 Å². The van der Waals surface area contributed by atoms with Gasteiger partial charge in [0, 0.05) is 7.05 Å². The predicted molar refractivity (Wildman–Crippen MR) is 84.1 cm³/mol. The lowest BCUT2D eigenvalue weighted by Gasteiger charge is -2.31. The largest absolute Gasteiger partial charge is 0.357 e. The Balaban J connectivity index is 1.94. The Labute approximate surface area is 134 Å². The average molecular weight is 313 g/mol. The number of nitrogens with zero attached hydrogens (tertiary/aromatic N) is 7. The quantitative estimate of drug-likeness (QED) is 0.870. The van der Waals surface area contributed by atoms with Gasteiger partial charge in [0.05, 0.1) is 6.07 Å². The molecule has 9 nitrogen and oxygen atoms in total. The number of hydrogen-bond acceptors (Lipinski definition) is 8. The van der Waals surface area contributed by atoms with E-state index in [1.807, 2.05) is 0 Å². The zero-order valence-electron chi connectivity index (χ0n) is 13.2. The van der Waals surface area contributed by atoms with Crippen LogP contribution in [0.5, 0.6) is 0 Å². The Hall–Kier alpha value is -2.76. The lowest BCUT2D eigenvalue weighted by atomic mass is 9.83. The predicted octanol–water partition coefficient (Wildman–Crippen LogP) is 1.44. The first-order valence-electron chi connectivity index (χ1n) is 7.66. The van der Waals surface area contributed by atoms with Crippen molar-refractivity contribution in [2.24, 2.45) is 0 Å². The van der Waals surface area contributed by atoms with E-state index in [1.54, 1.807) is 20.3 Å². The molecule has 3 rings (SSSR count). The van der Waals surface area contributed by atoms with Crippen LogP contribution in [0.25, 0.3) is 5.95 Å².